The van der Waals surface area contributed by atoms with Crippen molar-refractivity contribution in [2.24, 2.45) is 0 Å². The average Bonchev–Trinajstić information content (AvgIpc) is 3.17. The molecule has 28 heavy (non-hydrogen) atoms. The van der Waals surface area contributed by atoms with Crippen LogP contribution in [0.3, 0.4) is 0 Å². The molecule has 0 N–H and O–H groups in total. The lowest BCUT2D eigenvalue weighted by Gasteiger charge is -2.09. The molecule has 0 saturated carbocycles. The first-order valence-corrected chi connectivity index (χ1v) is 8.67. The number of ether oxygens (including phenoxy) is 3. The Morgan fingerprint density at radius 2 is 1.71 bits per heavy atom. The lowest BCUT2D eigenvalue weighted by Crippen LogP contribution is -2.14. The summed E-state index contributed by atoms with van der Waals surface area (Å²) in [5.41, 5.74) is 1.39. The number of rotatable bonds is 5. The lowest BCUT2D eigenvalue weighted by atomic mass is 10.1. The third-order valence-corrected chi connectivity index (χ3v) is 4.13. The van der Waals surface area contributed by atoms with Crippen LogP contribution in [0.5, 0.6) is 11.5 Å². The Hall–Kier alpha value is -3.68. The normalized spacial score (nSPS) is 12.9. The van der Waals surface area contributed by atoms with Gasteiger partial charge in [-0.15, -0.1) is 10.2 Å². The SMILES string of the molecule is O=C(COC(=O)c1ccc(-c2nnco2)cc1)c1ccc2c(c1)OCCCO2. The van der Waals surface area contributed by atoms with Gasteiger partial charge in [0.2, 0.25) is 12.3 Å². The van der Waals surface area contributed by atoms with Crippen LogP contribution in [0.25, 0.3) is 11.5 Å². The van der Waals surface area contributed by atoms with E-state index >= 15 is 0 Å². The van der Waals surface area contributed by atoms with Crippen molar-refractivity contribution < 1.29 is 28.2 Å². The van der Waals surface area contributed by atoms with Crippen LogP contribution < -0.4 is 9.47 Å². The van der Waals surface area contributed by atoms with E-state index in [1.807, 2.05) is 0 Å². The van der Waals surface area contributed by atoms with Gasteiger partial charge < -0.3 is 18.6 Å². The van der Waals surface area contributed by atoms with Crippen molar-refractivity contribution in [1.29, 1.82) is 0 Å². The zero-order valence-corrected chi connectivity index (χ0v) is 14.8. The Morgan fingerprint density at radius 1 is 0.964 bits per heavy atom. The van der Waals surface area contributed by atoms with Gasteiger partial charge in [0.15, 0.2) is 23.9 Å². The van der Waals surface area contributed by atoms with Gasteiger partial charge >= 0.3 is 5.97 Å². The van der Waals surface area contributed by atoms with E-state index in [0.29, 0.717) is 47.3 Å². The minimum atomic E-state index is -0.597. The van der Waals surface area contributed by atoms with Crippen molar-refractivity contribution in [3.05, 3.63) is 60.0 Å². The predicted octanol–water partition coefficient (Wildman–Crippen LogP) is 2.94. The molecule has 3 aromatic rings. The molecule has 8 heteroatoms. The topological polar surface area (TPSA) is 101 Å². The summed E-state index contributed by atoms with van der Waals surface area (Å²) in [6, 6.07) is 11.4. The van der Waals surface area contributed by atoms with Gasteiger partial charge in [0.25, 0.3) is 0 Å². The number of nitrogens with zero attached hydrogens (tertiary/aromatic N) is 2. The minimum absolute atomic E-state index is 0.315. The van der Waals surface area contributed by atoms with Gasteiger partial charge in [-0.3, -0.25) is 4.79 Å². The zero-order valence-electron chi connectivity index (χ0n) is 14.8. The summed E-state index contributed by atoms with van der Waals surface area (Å²) in [7, 11) is 0. The highest BCUT2D eigenvalue weighted by Crippen LogP contribution is 2.30. The van der Waals surface area contributed by atoms with Gasteiger partial charge in [-0.05, 0) is 42.5 Å². The van der Waals surface area contributed by atoms with Crippen LogP contribution in [-0.4, -0.2) is 41.8 Å². The third kappa shape index (κ3) is 3.85. The molecule has 0 aliphatic carbocycles. The Bertz CT molecular complexity index is 982. The summed E-state index contributed by atoms with van der Waals surface area (Å²) in [5, 5.41) is 7.40. The Balaban J connectivity index is 1.38. The lowest BCUT2D eigenvalue weighted by molar-refractivity contribution is 0.0474. The zero-order chi connectivity index (χ0) is 19.3. The molecule has 4 rings (SSSR count). The highest BCUT2D eigenvalue weighted by atomic mass is 16.5. The molecule has 1 aliphatic heterocycles. The first-order valence-electron chi connectivity index (χ1n) is 8.67. The molecule has 8 nitrogen and oxygen atoms in total. The first kappa shape index (κ1) is 17.7. The van der Waals surface area contributed by atoms with Crippen LogP contribution in [0.2, 0.25) is 0 Å². The Labute approximate surface area is 160 Å². The molecule has 1 aromatic heterocycles. The number of carbonyl (C=O) groups excluding carboxylic acids is 2. The van der Waals surface area contributed by atoms with Crippen LogP contribution in [0.1, 0.15) is 27.1 Å². The molecular weight excluding hydrogens is 364 g/mol. The van der Waals surface area contributed by atoms with E-state index in [1.165, 1.54) is 6.39 Å². The van der Waals surface area contributed by atoms with Crippen LogP contribution in [0, 0.1) is 0 Å². The minimum Gasteiger partial charge on any atom is -0.490 e. The summed E-state index contributed by atoms with van der Waals surface area (Å²) >= 11 is 0. The van der Waals surface area contributed by atoms with Crippen molar-refractivity contribution in [2.45, 2.75) is 6.42 Å². The molecule has 142 valence electrons. The molecule has 1 aliphatic rings. The molecule has 2 heterocycles. The quantitative estimate of drug-likeness (QED) is 0.492. The predicted molar refractivity (Wildman–Crippen MR) is 96.4 cm³/mol. The number of ketones is 1. The van der Waals surface area contributed by atoms with Gasteiger partial charge in [-0.2, -0.15) is 0 Å². The maximum atomic E-state index is 12.4. The molecular formula is C20H16N2O6. The van der Waals surface area contributed by atoms with Crippen LogP contribution in [0.4, 0.5) is 0 Å². The molecule has 0 unspecified atom stereocenters. The van der Waals surface area contributed by atoms with Crippen LogP contribution in [0.15, 0.2) is 53.3 Å². The number of aromatic nitrogens is 2. The number of carbonyl (C=O) groups is 2. The van der Waals surface area contributed by atoms with Crippen molar-refractivity contribution in [3.63, 3.8) is 0 Å². The van der Waals surface area contributed by atoms with Crippen LogP contribution in [-0.2, 0) is 4.74 Å². The average molecular weight is 380 g/mol. The number of hydrogen-bond acceptors (Lipinski definition) is 8. The van der Waals surface area contributed by atoms with E-state index in [0.717, 1.165) is 6.42 Å². The number of fused-ring (bicyclic) bond motifs is 1. The summed E-state index contributed by atoms with van der Waals surface area (Å²) in [6.07, 6.45) is 2.00. The molecule has 0 bridgehead atoms. The number of hydrogen-bond donors (Lipinski definition) is 0. The van der Waals surface area contributed by atoms with E-state index in [-0.39, 0.29) is 12.4 Å². The fourth-order valence-corrected chi connectivity index (χ4v) is 2.68. The van der Waals surface area contributed by atoms with Crippen molar-refractivity contribution in [1.82, 2.24) is 10.2 Å². The Morgan fingerprint density at radius 3 is 2.46 bits per heavy atom. The van der Waals surface area contributed by atoms with Crippen molar-refractivity contribution in [2.75, 3.05) is 19.8 Å². The summed E-state index contributed by atoms with van der Waals surface area (Å²) in [5.74, 6) is 0.550. The second-order valence-corrected chi connectivity index (χ2v) is 6.03. The molecule has 0 atom stereocenters. The van der Waals surface area contributed by atoms with Gasteiger partial charge in [0, 0.05) is 17.5 Å². The summed E-state index contributed by atoms with van der Waals surface area (Å²) in [6.45, 7) is 0.728. The highest BCUT2D eigenvalue weighted by molar-refractivity contribution is 5.99. The maximum Gasteiger partial charge on any atom is 0.338 e. The van der Waals surface area contributed by atoms with Gasteiger partial charge in [0.05, 0.1) is 18.8 Å². The second kappa shape index (κ2) is 7.91. The fraction of sp³-hybridized carbons (Fsp3) is 0.200. The molecule has 2 aromatic carbocycles. The smallest absolute Gasteiger partial charge is 0.338 e. The van der Waals surface area contributed by atoms with Crippen LogP contribution >= 0.6 is 0 Å². The van der Waals surface area contributed by atoms with Gasteiger partial charge in [-0.25, -0.2) is 4.79 Å². The second-order valence-electron chi connectivity index (χ2n) is 6.03. The van der Waals surface area contributed by atoms with Crippen molar-refractivity contribution in [3.8, 4) is 23.0 Å². The third-order valence-electron chi connectivity index (χ3n) is 4.13. The molecule has 0 amide bonds. The van der Waals surface area contributed by atoms with E-state index in [4.69, 9.17) is 18.6 Å². The Kier molecular flexibility index (Phi) is 5.01. The van der Waals surface area contributed by atoms with E-state index in [9.17, 15) is 9.59 Å². The number of esters is 1. The summed E-state index contributed by atoms with van der Waals surface area (Å²) in [4.78, 5) is 24.5. The molecule has 0 saturated heterocycles. The fourth-order valence-electron chi connectivity index (χ4n) is 2.68. The van der Waals surface area contributed by atoms with E-state index in [2.05, 4.69) is 10.2 Å². The number of benzene rings is 2. The van der Waals surface area contributed by atoms with Gasteiger partial charge in [0.1, 0.15) is 0 Å². The molecule has 0 spiro atoms. The number of Topliss-reactive ketones (excluding diaryl/α,β-unsaturated/α-hetero) is 1. The largest absolute Gasteiger partial charge is 0.490 e. The van der Waals surface area contributed by atoms with Gasteiger partial charge in [-0.1, -0.05) is 0 Å². The maximum absolute atomic E-state index is 12.4. The molecule has 0 radical (unpaired) electrons. The standard InChI is InChI=1S/C20H16N2O6/c23-16(15-6-7-17-18(10-15)26-9-1-8-25-17)11-27-20(24)14-4-2-13(3-5-14)19-22-21-12-28-19/h2-7,10,12H,1,8-9,11H2. The summed E-state index contributed by atoms with van der Waals surface area (Å²) < 4.78 is 21.3. The first-order chi connectivity index (χ1) is 13.7. The van der Waals surface area contributed by atoms with Crippen molar-refractivity contribution >= 4 is 11.8 Å². The highest BCUT2D eigenvalue weighted by Gasteiger charge is 2.16. The molecule has 0 fully saturated rings. The van der Waals surface area contributed by atoms with E-state index < -0.39 is 5.97 Å². The monoisotopic (exact) mass is 380 g/mol. The van der Waals surface area contributed by atoms with E-state index in [1.54, 1.807) is 42.5 Å².